The van der Waals surface area contributed by atoms with Crippen molar-refractivity contribution in [2.75, 3.05) is 13.7 Å². The van der Waals surface area contributed by atoms with E-state index in [1.54, 1.807) is 18.2 Å². The molecule has 3 aromatic rings. The number of hydrogen-bond acceptors (Lipinski definition) is 5. The minimum Gasteiger partial charge on any atom is -0.497 e. The number of nitrogens with zero attached hydrogens (tertiary/aromatic N) is 1. The van der Waals surface area contributed by atoms with Crippen LogP contribution in [0.25, 0.3) is 22.1 Å². The van der Waals surface area contributed by atoms with Crippen molar-refractivity contribution in [1.29, 1.82) is 0 Å². The van der Waals surface area contributed by atoms with E-state index < -0.39 is 30.5 Å². The van der Waals surface area contributed by atoms with Gasteiger partial charge in [0.1, 0.15) is 22.7 Å². The van der Waals surface area contributed by atoms with Crippen molar-refractivity contribution in [1.82, 2.24) is 15.3 Å². The Morgan fingerprint density at radius 3 is 2.96 bits per heavy atom. The van der Waals surface area contributed by atoms with Crippen LogP contribution in [0, 0.1) is 0 Å². The summed E-state index contributed by atoms with van der Waals surface area (Å²) < 4.78 is 37.4. The molecule has 0 saturated carbocycles. The molecule has 1 saturated heterocycles. The van der Waals surface area contributed by atoms with E-state index in [4.69, 9.17) is 9.15 Å². The third-order valence-electron chi connectivity index (χ3n) is 3.99. The van der Waals surface area contributed by atoms with Gasteiger partial charge in [0.2, 0.25) is 5.58 Å². The number of hydrogen-bond donors (Lipinski definition) is 2. The fourth-order valence-corrected chi connectivity index (χ4v) is 2.85. The van der Waals surface area contributed by atoms with E-state index in [1.807, 2.05) is 0 Å². The number of aromatic amines is 1. The SMILES string of the molecule is COc1ccc2oc3c(=O)[nH]c([C@@H]4CC(F)(F)CN4)nc3c2c1. The molecule has 2 N–H and O–H groups in total. The Balaban J connectivity index is 1.91. The number of benzene rings is 1. The smallest absolute Gasteiger partial charge is 0.294 e. The Morgan fingerprint density at radius 1 is 1.43 bits per heavy atom. The van der Waals surface area contributed by atoms with Gasteiger partial charge in [-0.25, -0.2) is 13.8 Å². The van der Waals surface area contributed by atoms with Crippen LogP contribution in [0.5, 0.6) is 5.75 Å². The zero-order valence-electron chi connectivity index (χ0n) is 12.2. The number of nitrogens with one attached hydrogen (secondary N) is 2. The highest BCUT2D eigenvalue weighted by atomic mass is 19.3. The molecular formula is C15H13F2N3O3. The molecule has 8 heteroatoms. The average molecular weight is 321 g/mol. The van der Waals surface area contributed by atoms with Gasteiger partial charge in [-0.15, -0.1) is 0 Å². The Bertz CT molecular complexity index is 964. The van der Waals surface area contributed by atoms with Crippen LogP contribution >= 0.6 is 0 Å². The number of ether oxygens (including phenoxy) is 1. The van der Waals surface area contributed by atoms with Gasteiger partial charge in [0.15, 0.2) is 0 Å². The van der Waals surface area contributed by atoms with Crippen molar-refractivity contribution in [2.24, 2.45) is 0 Å². The van der Waals surface area contributed by atoms with Gasteiger partial charge in [0.25, 0.3) is 11.5 Å². The molecule has 0 unspecified atom stereocenters. The highest BCUT2D eigenvalue weighted by Gasteiger charge is 2.41. The molecular weight excluding hydrogens is 308 g/mol. The summed E-state index contributed by atoms with van der Waals surface area (Å²) in [6, 6.07) is 4.39. The van der Waals surface area contributed by atoms with Gasteiger partial charge in [0, 0.05) is 6.42 Å². The van der Waals surface area contributed by atoms with E-state index in [2.05, 4.69) is 15.3 Å². The van der Waals surface area contributed by atoms with Crippen molar-refractivity contribution in [3.8, 4) is 5.75 Å². The van der Waals surface area contributed by atoms with Crippen molar-refractivity contribution in [2.45, 2.75) is 18.4 Å². The molecule has 1 aromatic carbocycles. The molecule has 0 spiro atoms. The van der Waals surface area contributed by atoms with E-state index in [0.29, 0.717) is 22.2 Å². The Hall–Kier alpha value is -2.48. The molecule has 1 aliphatic heterocycles. The average Bonchev–Trinajstić information content (AvgIpc) is 3.07. The van der Waals surface area contributed by atoms with Crippen LogP contribution in [0.4, 0.5) is 8.78 Å². The lowest BCUT2D eigenvalue weighted by Gasteiger charge is -2.09. The topological polar surface area (TPSA) is 80.1 Å². The predicted octanol–water partition coefficient (Wildman–Crippen LogP) is 2.35. The first kappa shape index (κ1) is 14.1. The number of methoxy groups -OCH3 is 1. The van der Waals surface area contributed by atoms with E-state index >= 15 is 0 Å². The van der Waals surface area contributed by atoms with Crippen molar-refractivity contribution < 1.29 is 17.9 Å². The first-order chi connectivity index (χ1) is 11.0. The molecule has 1 atom stereocenters. The quantitative estimate of drug-likeness (QED) is 0.757. The molecule has 6 nitrogen and oxygen atoms in total. The van der Waals surface area contributed by atoms with Crippen LogP contribution < -0.4 is 15.6 Å². The minimum atomic E-state index is -2.81. The normalized spacial score (nSPS) is 20.4. The molecule has 4 rings (SSSR count). The van der Waals surface area contributed by atoms with Crippen LogP contribution in [0.2, 0.25) is 0 Å². The van der Waals surface area contributed by atoms with E-state index in [9.17, 15) is 13.6 Å². The largest absolute Gasteiger partial charge is 0.497 e. The Labute approximate surface area is 128 Å². The Kier molecular flexibility index (Phi) is 2.92. The summed E-state index contributed by atoms with van der Waals surface area (Å²) in [6.07, 6.45) is -0.402. The lowest BCUT2D eigenvalue weighted by atomic mass is 10.1. The third-order valence-corrected chi connectivity index (χ3v) is 3.99. The summed E-state index contributed by atoms with van der Waals surface area (Å²) in [7, 11) is 1.53. The fourth-order valence-electron chi connectivity index (χ4n) is 2.85. The first-order valence-corrected chi connectivity index (χ1v) is 7.08. The van der Waals surface area contributed by atoms with Gasteiger partial charge in [-0.2, -0.15) is 0 Å². The van der Waals surface area contributed by atoms with Crippen LogP contribution in [0.15, 0.2) is 27.4 Å². The molecule has 0 amide bonds. The zero-order valence-corrected chi connectivity index (χ0v) is 12.2. The molecule has 0 bridgehead atoms. The second-order valence-corrected chi connectivity index (χ2v) is 5.59. The Morgan fingerprint density at radius 2 is 2.26 bits per heavy atom. The monoisotopic (exact) mass is 321 g/mol. The van der Waals surface area contributed by atoms with Crippen LogP contribution in [-0.2, 0) is 0 Å². The molecule has 1 aliphatic rings. The highest BCUT2D eigenvalue weighted by molar-refractivity contribution is 6.02. The van der Waals surface area contributed by atoms with Gasteiger partial charge >= 0.3 is 0 Å². The van der Waals surface area contributed by atoms with E-state index in [1.165, 1.54) is 7.11 Å². The predicted molar refractivity (Wildman–Crippen MR) is 79.0 cm³/mol. The number of halogens is 2. The molecule has 2 aromatic heterocycles. The lowest BCUT2D eigenvalue weighted by Crippen LogP contribution is -2.21. The van der Waals surface area contributed by atoms with Gasteiger partial charge < -0.3 is 19.5 Å². The van der Waals surface area contributed by atoms with Gasteiger partial charge in [0.05, 0.1) is 25.1 Å². The number of rotatable bonds is 2. The lowest BCUT2D eigenvalue weighted by molar-refractivity contribution is 0.0208. The summed E-state index contributed by atoms with van der Waals surface area (Å²) in [4.78, 5) is 19.1. The van der Waals surface area contributed by atoms with E-state index in [-0.39, 0.29) is 11.4 Å². The summed E-state index contributed by atoms with van der Waals surface area (Å²) in [5.41, 5.74) is 0.411. The number of H-pyrrole nitrogens is 1. The van der Waals surface area contributed by atoms with Crippen molar-refractivity contribution in [3.05, 3.63) is 34.4 Å². The number of furan rings is 1. The maximum Gasteiger partial charge on any atom is 0.294 e. The van der Waals surface area contributed by atoms with Crippen LogP contribution in [0.1, 0.15) is 18.3 Å². The standard InChI is InChI=1S/C15H13F2N3O3/c1-22-7-2-3-10-8(4-7)11-12(23-10)14(21)20-13(19-11)9-5-15(16,17)6-18-9/h2-4,9,18H,5-6H2,1H3,(H,19,20,21)/t9-/m0/s1. The van der Waals surface area contributed by atoms with Crippen molar-refractivity contribution in [3.63, 3.8) is 0 Å². The van der Waals surface area contributed by atoms with Gasteiger partial charge in [-0.05, 0) is 18.2 Å². The summed E-state index contributed by atoms with van der Waals surface area (Å²) in [6.45, 7) is -0.431. The number of alkyl halides is 2. The summed E-state index contributed by atoms with van der Waals surface area (Å²) in [5, 5.41) is 3.29. The maximum absolute atomic E-state index is 13.4. The molecule has 0 aliphatic carbocycles. The minimum absolute atomic E-state index is 0.0711. The number of aromatic nitrogens is 2. The van der Waals surface area contributed by atoms with Crippen LogP contribution in [0.3, 0.4) is 0 Å². The molecule has 23 heavy (non-hydrogen) atoms. The van der Waals surface area contributed by atoms with Crippen molar-refractivity contribution >= 4 is 22.1 Å². The van der Waals surface area contributed by atoms with Gasteiger partial charge in [-0.3, -0.25) is 4.79 Å². The number of fused-ring (bicyclic) bond motifs is 3. The zero-order chi connectivity index (χ0) is 16.2. The van der Waals surface area contributed by atoms with E-state index in [0.717, 1.165) is 0 Å². The molecule has 1 fully saturated rings. The fraction of sp³-hybridized carbons (Fsp3) is 0.333. The third kappa shape index (κ3) is 2.26. The summed E-state index contributed by atoms with van der Waals surface area (Å²) >= 11 is 0. The molecule has 0 radical (unpaired) electrons. The first-order valence-electron chi connectivity index (χ1n) is 7.08. The highest BCUT2D eigenvalue weighted by Crippen LogP contribution is 2.34. The van der Waals surface area contributed by atoms with Gasteiger partial charge in [-0.1, -0.05) is 0 Å². The summed E-state index contributed by atoms with van der Waals surface area (Å²) in [5.74, 6) is -2.03. The molecule has 3 heterocycles. The maximum atomic E-state index is 13.4. The second kappa shape index (κ2) is 4.76. The van der Waals surface area contributed by atoms with Crippen LogP contribution in [-0.4, -0.2) is 29.5 Å². The molecule has 120 valence electrons. The second-order valence-electron chi connectivity index (χ2n) is 5.59.